The Morgan fingerprint density at radius 1 is 0.536 bits per heavy atom. The second kappa shape index (κ2) is 7.71. The Kier molecular flexibility index (Phi) is 5.51. The lowest BCUT2D eigenvalue weighted by Crippen LogP contribution is -2.50. The SMILES string of the molecule is CC(C)(C)[n+]1ccc2ccccc2c1.CC(C)(C)[n+]1cccc2ccccc21. The molecule has 2 aromatic heterocycles. The van der Waals surface area contributed by atoms with E-state index >= 15 is 0 Å². The third kappa shape index (κ3) is 4.56. The zero-order valence-corrected chi connectivity index (χ0v) is 18.0. The summed E-state index contributed by atoms with van der Waals surface area (Å²) in [5.41, 5.74) is 1.59. The summed E-state index contributed by atoms with van der Waals surface area (Å²) >= 11 is 0. The molecule has 4 aromatic rings. The highest BCUT2D eigenvalue weighted by Gasteiger charge is 2.23. The number of fused-ring (bicyclic) bond motifs is 2. The van der Waals surface area contributed by atoms with Crippen molar-refractivity contribution in [2.24, 2.45) is 0 Å². The summed E-state index contributed by atoms with van der Waals surface area (Å²) in [6.07, 6.45) is 6.49. The summed E-state index contributed by atoms with van der Waals surface area (Å²) in [4.78, 5) is 0. The van der Waals surface area contributed by atoms with Crippen LogP contribution in [0.4, 0.5) is 0 Å². The summed E-state index contributed by atoms with van der Waals surface area (Å²) in [7, 11) is 0. The van der Waals surface area contributed by atoms with E-state index in [9.17, 15) is 0 Å². The largest absolute Gasteiger partial charge is 0.212 e. The average Bonchev–Trinajstić information content (AvgIpc) is 2.66. The molecule has 0 fully saturated rings. The zero-order valence-electron chi connectivity index (χ0n) is 18.0. The van der Waals surface area contributed by atoms with Gasteiger partial charge in [0.15, 0.2) is 29.7 Å². The molecule has 2 heteroatoms. The summed E-state index contributed by atoms with van der Waals surface area (Å²) in [6, 6.07) is 23.4. The fourth-order valence-corrected chi connectivity index (χ4v) is 3.30. The van der Waals surface area contributed by atoms with Gasteiger partial charge in [0.1, 0.15) is 0 Å². The molecule has 4 rings (SSSR count). The van der Waals surface area contributed by atoms with Crippen LogP contribution < -0.4 is 9.13 Å². The Labute approximate surface area is 169 Å². The van der Waals surface area contributed by atoms with Crippen LogP contribution in [0.2, 0.25) is 0 Å². The molecule has 2 aromatic carbocycles. The number of nitrogens with zero attached hydrogens (tertiary/aromatic N) is 2. The van der Waals surface area contributed by atoms with Crippen LogP contribution in [0.3, 0.4) is 0 Å². The van der Waals surface area contributed by atoms with Crippen molar-refractivity contribution < 1.29 is 9.13 Å². The van der Waals surface area contributed by atoms with E-state index in [1.165, 1.54) is 21.7 Å². The second-order valence-corrected chi connectivity index (χ2v) is 9.26. The number of benzene rings is 2. The van der Waals surface area contributed by atoms with Gasteiger partial charge in [-0.2, -0.15) is 4.57 Å². The first kappa shape index (κ1) is 20.0. The van der Waals surface area contributed by atoms with Crippen LogP contribution in [0.1, 0.15) is 41.5 Å². The number of pyridine rings is 2. The van der Waals surface area contributed by atoms with Crippen molar-refractivity contribution in [3.05, 3.63) is 85.3 Å². The van der Waals surface area contributed by atoms with Gasteiger partial charge in [0.2, 0.25) is 5.52 Å². The molecule has 0 unspecified atom stereocenters. The van der Waals surface area contributed by atoms with E-state index in [0.717, 1.165) is 0 Å². The first-order valence-electron chi connectivity index (χ1n) is 9.97. The molecule has 0 N–H and O–H groups in total. The Morgan fingerprint density at radius 3 is 1.75 bits per heavy atom. The average molecular weight is 373 g/mol. The Bertz CT molecular complexity index is 1070. The Morgan fingerprint density at radius 2 is 1.11 bits per heavy atom. The van der Waals surface area contributed by atoms with Gasteiger partial charge in [-0.1, -0.05) is 30.3 Å². The number of hydrogen-bond acceptors (Lipinski definition) is 0. The maximum Gasteiger partial charge on any atom is 0.212 e. The minimum atomic E-state index is 0.140. The van der Waals surface area contributed by atoms with Crippen LogP contribution in [-0.2, 0) is 11.1 Å². The van der Waals surface area contributed by atoms with Gasteiger partial charge in [0.05, 0.1) is 0 Å². The lowest BCUT2D eigenvalue weighted by atomic mass is 10.1. The third-order valence-corrected chi connectivity index (χ3v) is 4.89. The van der Waals surface area contributed by atoms with E-state index < -0.39 is 0 Å². The molecule has 2 nitrogen and oxygen atoms in total. The molecular formula is C26H32N2+2. The minimum absolute atomic E-state index is 0.140. The topological polar surface area (TPSA) is 7.76 Å². The summed E-state index contributed by atoms with van der Waals surface area (Å²) in [6.45, 7) is 13.3. The van der Waals surface area contributed by atoms with Crippen LogP contribution >= 0.6 is 0 Å². The molecule has 2 heterocycles. The predicted molar refractivity (Wildman–Crippen MR) is 118 cm³/mol. The van der Waals surface area contributed by atoms with Gasteiger partial charge in [-0.05, 0) is 23.6 Å². The van der Waals surface area contributed by atoms with E-state index in [0.29, 0.717) is 0 Å². The zero-order chi connectivity index (χ0) is 20.4. The molecule has 0 bridgehead atoms. The minimum Gasteiger partial charge on any atom is -0.200 e. The number of rotatable bonds is 0. The first-order chi connectivity index (χ1) is 13.2. The van der Waals surface area contributed by atoms with Crippen molar-refractivity contribution in [1.82, 2.24) is 0 Å². The maximum atomic E-state index is 2.31. The van der Waals surface area contributed by atoms with Crippen molar-refractivity contribution in [2.75, 3.05) is 0 Å². The van der Waals surface area contributed by atoms with Gasteiger partial charge in [0.25, 0.3) is 0 Å². The number of aromatic nitrogens is 2. The molecule has 0 atom stereocenters. The molecule has 0 radical (unpaired) electrons. The maximum absolute atomic E-state index is 2.31. The standard InChI is InChI=1S/2C13H16N/c1-13(2,3)14-10-6-8-11-7-4-5-9-12(11)14;1-13(2,3)14-9-8-11-6-4-5-7-12(11)10-14/h2*4-10H,1-3H3/q2*+1. The quantitative estimate of drug-likeness (QED) is 0.346. The summed E-state index contributed by atoms with van der Waals surface area (Å²) in [5.74, 6) is 0. The van der Waals surface area contributed by atoms with Crippen LogP contribution in [0.25, 0.3) is 21.7 Å². The normalized spacial score (nSPS) is 11.9. The third-order valence-electron chi connectivity index (χ3n) is 4.89. The lowest BCUT2D eigenvalue weighted by Gasteiger charge is -2.14. The van der Waals surface area contributed by atoms with Crippen molar-refractivity contribution >= 4 is 21.7 Å². The molecule has 0 amide bonds. The van der Waals surface area contributed by atoms with E-state index in [4.69, 9.17) is 0 Å². The molecular weight excluding hydrogens is 340 g/mol. The monoisotopic (exact) mass is 372 g/mol. The molecule has 0 saturated heterocycles. The summed E-state index contributed by atoms with van der Waals surface area (Å²) in [5, 5.41) is 3.89. The second-order valence-electron chi connectivity index (χ2n) is 9.26. The van der Waals surface area contributed by atoms with Crippen LogP contribution in [-0.4, -0.2) is 0 Å². The summed E-state index contributed by atoms with van der Waals surface area (Å²) < 4.78 is 4.55. The smallest absolute Gasteiger partial charge is 0.200 e. The highest BCUT2D eigenvalue weighted by Crippen LogP contribution is 2.14. The van der Waals surface area contributed by atoms with E-state index in [2.05, 4.69) is 136 Å². The fourth-order valence-electron chi connectivity index (χ4n) is 3.30. The van der Waals surface area contributed by atoms with Crippen LogP contribution in [0, 0.1) is 0 Å². The van der Waals surface area contributed by atoms with Crippen molar-refractivity contribution in [2.45, 2.75) is 52.6 Å². The van der Waals surface area contributed by atoms with Gasteiger partial charge in [-0.25, -0.2) is 4.57 Å². The van der Waals surface area contributed by atoms with Gasteiger partial charge in [0, 0.05) is 70.5 Å². The molecule has 144 valence electrons. The van der Waals surface area contributed by atoms with Crippen molar-refractivity contribution in [1.29, 1.82) is 0 Å². The van der Waals surface area contributed by atoms with Gasteiger partial charge in [-0.3, -0.25) is 0 Å². The number of para-hydroxylation sites is 1. The predicted octanol–water partition coefficient (Wildman–Crippen LogP) is 5.76. The van der Waals surface area contributed by atoms with Gasteiger partial charge in [-0.15, -0.1) is 0 Å². The van der Waals surface area contributed by atoms with E-state index in [1.807, 2.05) is 0 Å². The molecule has 0 spiro atoms. The van der Waals surface area contributed by atoms with E-state index in [-0.39, 0.29) is 11.1 Å². The van der Waals surface area contributed by atoms with Gasteiger partial charge < -0.3 is 0 Å². The Balaban J connectivity index is 0.000000161. The first-order valence-corrected chi connectivity index (χ1v) is 9.97. The molecule has 0 aliphatic heterocycles. The highest BCUT2D eigenvalue weighted by molar-refractivity contribution is 5.80. The molecule has 0 saturated carbocycles. The fraction of sp³-hybridized carbons (Fsp3) is 0.308. The van der Waals surface area contributed by atoms with E-state index in [1.54, 1.807) is 0 Å². The lowest BCUT2D eigenvalue weighted by molar-refractivity contribution is -0.752. The number of hydrogen-bond donors (Lipinski definition) is 0. The highest BCUT2D eigenvalue weighted by atomic mass is 15.0. The van der Waals surface area contributed by atoms with Crippen molar-refractivity contribution in [3.8, 4) is 0 Å². The van der Waals surface area contributed by atoms with Crippen LogP contribution in [0.15, 0.2) is 85.3 Å². The van der Waals surface area contributed by atoms with Gasteiger partial charge >= 0.3 is 0 Å². The molecule has 0 aliphatic rings. The Hall–Kier alpha value is -2.74. The molecule has 28 heavy (non-hydrogen) atoms. The molecule has 0 aliphatic carbocycles. The van der Waals surface area contributed by atoms with Crippen molar-refractivity contribution in [3.63, 3.8) is 0 Å². The van der Waals surface area contributed by atoms with Crippen LogP contribution in [0.5, 0.6) is 0 Å².